The van der Waals surface area contributed by atoms with Crippen LogP contribution in [0.5, 0.6) is 0 Å². The summed E-state index contributed by atoms with van der Waals surface area (Å²) >= 11 is 0. The molecule has 30 heavy (non-hydrogen) atoms. The number of fused-ring (bicyclic) bond motifs is 1. The third-order valence-electron chi connectivity index (χ3n) is 6.40. The lowest BCUT2D eigenvalue weighted by atomic mass is 9.75. The minimum Gasteiger partial charge on any atom is -0.452 e. The van der Waals surface area contributed by atoms with E-state index in [0.717, 1.165) is 25.4 Å². The highest BCUT2D eigenvalue weighted by atomic mass is 16.5. The van der Waals surface area contributed by atoms with Crippen LogP contribution in [0.3, 0.4) is 0 Å². The summed E-state index contributed by atoms with van der Waals surface area (Å²) in [5.74, 6) is 0.279. The Balaban J connectivity index is 1.39. The van der Waals surface area contributed by atoms with Crippen LogP contribution in [0, 0.1) is 11.8 Å². The standard InChI is InChI=1S/C25H27NO4/c27-23(26-15-14-18-8-4-5-11-20(18)16-26)17-30-25(29)22-13-7-6-12-21(22)24(28)19-9-2-1-3-10-19/h1-3,6-7,9-10,12-13,18,20H,4-5,8,11,14-17H2/t18-,20-/m0/s1. The van der Waals surface area contributed by atoms with Gasteiger partial charge >= 0.3 is 5.97 Å². The second kappa shape index (κ2) is 9.24. The Bertz CT molecular complexity index is 924. The van der Waals surface area contributed by atoms with E-state index in [1.54, 1.807) is 48.5 Å². The number of benzene rings is 2. The van der Waals surface area contributed by atoms with Crippen LogP contribution < -0.4 is 0 Å². The first-order valence-electron chi connectivity index (χ1n) is 10.8. The summed E-state index contributed by atoms with van der Waals surface area (Å²) in [5, 5.41) is 0. The number of rotatable bonds is 5. The van der Waals surface area contributed by atoms with Gasteiger partial charge in [-0.1, -0.05) is 67.8 Å². The zero-order valence-corrected chi connectivity index (χ0v) is 17.1. The summed E-state index contributed by atoms with van der Waals surface area (Å²) in [6.07, 6.45) is 6.04. The molecule has 1 aliphatic heterocycles. The van der Waals surface area contributed by atoms with E-state index in [1.165, 1.54) is 25.7 Å². The molecule has 1 heterocycles. The molecule has 0 aromatic heterocycles. The fraction of sp³-hybridized carbons (Fsp3) is 0.400. The van der Waals surface area contributed by atoms with Crippen LogP contribution >= 0.6 is 0 Å². The summed E-state index contributed by atoms with van der Waals surface area (Å²) in [7, 11) is 0. The Morgan fingerprint density at radius 3 is 2.27 bits per heavy atom. The number of carbonyl (C=O) groups is 3. The first kappa shape index (κ1) is 20.3. The normalized spacial score (nSPS) is 20.9. The summed E-state index contributed by atoms with van der Waals surface area (Å²) in [4.78, 5) is 39.9. The van der Waals surface area contributed by atoms with Crippen LogP contribution in [0.15, 0.2) is 54.6 Å². The molecule has 0 spiro atoms. The van der Waals surface area contributed by atoms with Crippen molar-refractivity contribution in [3.05, 3.63) is 71.3 Å². The van der Waals surface area contributed by atoms with E-state index in [0.29, 0.717) is 11.5 Å². The third-order valence-corrected chi connectivity index (χ3v) is 6.40. The molecule has 2 fully saturated rings. The van der Waals surface area contributed by atoms with Crippen molar-refractivity contribution in [1.82, 2.24) is 4.90 Å². The van der Waals surface area contributed by atoms with Crippen LogP contribution in [0.2, 0.25) is 0 Å². The number of hydrogen-bond donors (Lipinski definition) is 0. The Morgan fingerprint density at radius 2 is 1.50 bits per heavy atom. The monoisotopic (exact) mass is 405 g/mol. The quantitative estimate of drug-likeness (QED) is 0.555. The van der Waals surface area contributed by atoms with E-state index < -0.39 is 5.97 Å². The Morgan fingerprint density at radius 1 is 0.833 bits per heavy atom. The summed E-state index contributed by atoms with van der Waals surface area (Å²) in [5.41, 5.74) is 0.971. The van der Waals surface area contributed by atoms with Crippen molar-refractivity contribution in [3.63, 3.8) is 0 Å². The van der Waals surface area contributed by atoms with Gasteiger partial charge in [-0.25, -0.2) is 4.79 Å². The van der Waals surface area contributed by atoms with Gasteiger partial charge < -0.3 is 9.64 Å². The number of ether oxygens (including phenoxy) is 1. The van der Waals surface area contributed by atoms with Gasteiger partial charge in [0.2, 0.25) is 0 Å². The third kappa shape index (κ3) is 4.45. The Labute approximate surface area is 177 Å². The van der Waals surface area contributed by atoms with Crippen molar-refractivity contribution in [2.24, 2.45) is 11.8 Å². The van der Waals surface area contributed by atoms with E-state index in [2.05, 4.69) is 0 Å². The number of likely N-dealkylation sites (tertiary alicyclic amines) is 1. The molecule has 2 aromatic carbocycles. The van der Waals surface area contributed by atoms with Crippen LogP contribution in [0.25, 0.3) is 0 Å². The van der Waals surface area contributed by atoms with Gasteiger partial charge in [0.1, 0.15) is 0 Å². The Hall–Kier alpha value is -2.95. The van der Waals surface area contributed by atoms with Crippen LogP contribution in [0.1, 0.15) is 58.4 Å². The molecular weight excluding hydrogens is 378 g/mol. The predicted molar refractivity (Wildman–Crippen MR) is 113 cm³/mol. The molecule has 156 valence electrons. The lowest BCUT2D eigenvalue weighted by molar-refractivity contribution is -0.137. The zero-order valence-electron chi connectivity index (χ0n) is 17.1. The molecule has 0 N–H and O–H groups in total. The summed E-state index contributed by atoms with van der Waals surface area (Å²) in [6, 6.07) is 15.4. The van der Waals surface area contributed by atoms with Crippen molar-refractivity contribution >= 4 is 17.7 Å². The molecule has 0 bridgehead atoms. The lowest BCUT2D eigenvalue weighted by Gasteiger charge is -2.41. The smallest absolute Gasteiger partial charge is 0.339 e. The number of piperidine rings is 1. The average molecular weight is 405 g/mol. The van der Waals surface area contributed by atoms with Crippen molar-refractivity contribution in [2.45, 2.75) is 32.1 Å². The van der Waals surface area contributed by atoms with Gasteiger partial charge in [-0.05, 0) is 30.7 Å². The molecule has 5 heteroatoms. The molecule has 1 amide bonds. The predicted octanol–water partition coefficient (Wildman–Crippen LogP) is 4.11. The van der Waals surface area contributed by atoms with Gasteiger partial charge in [0.15, 0.2) is 12.4 Å². The van der Waals surface area contributed by atoms with Crippen LogP contribution in [0.4, 0.5) is 0 Å². The van der Waals surface area contributed by atoms with Gasteiger partial charge in [0, 0.05) is 24.2 Å². The number of hydrogen-bond acceptors (Lipinski definition) is 4. The number of esters is 1. The minimum absolute atomic E-state index is 0.153. The molecule has 5 nitrogen and oxygen atoms in total. The van der Waals surface area contributed by atoms with E-state index >= 15 is 0 Å². The molecule has 1 saturated carbocycles. The molecule has 4 rings (SSSR count). The van der Waals surface area contributed by atoms with Gasteiger partial charge in [-0.2, -0.15) is 0 Å². The number of nitrogens with zero attached hydrogens (tertiary/aromatic N) is 1. The molecular formula is C25H27NO4. The van der Waals surface area contributed by atoms with E-state index in [-0.39, 0.29) is 29.4 Å². The van der Waals surface area contributed by atoms with Crippen molar-refractivity contribution in [1.29, 1.82) is 0 Å². The van der Waals surface area contributed by atoms with Crippen LogP contribution in [-0.2, 0) is 9.53 Å². The molecule has 2 atom stereocenters. The molecule has 1 aliphatic carbocycles. The topological polar surface area (TPSA) is 63.7 Å². The van der Waals surface area contributed by atoms with Crippen molar-refractivity contribution in [3.8, 4) is 0 Å². The number of carbonyl (C=O) groups excluding carboxylic acids is 3. The molecule has 2 aliphatic rings. The maximum absolute atomic E-state index is 12.8. The number of ketones is 1. The van der Waals surface area contributed by atoms with Gasteiger partial charge in [-0.3, -0.25) is 9.59 Å². The van der Waals surface area contributed by atoms with Gasteiger partial charge in [-0.15, -0.1) is 0 Å². The molecule has 2 aromatic rings. The highest BCUT2D eigenvalue weighted by Crippen LogP contribution is 2.36. The number of amides is 1. The lowest BCUT2D eigenvalue weighted by Crippen LogP contribution is -2.46. The van der Waals surface area contributed by atoms with E-state index in [9.17, 15) is 14.4 Å². The van der Waals surface area contributed by atoms with E-state index in [4.69, 9.17) is 4.74 Å². The summed E-state index contributed by atoms with van der Waals surface area (Å²) in [6.45, 7) is 1.22. The highest BCUT2D eigenvalue weighted by molar-refractivity contribution is 6.14. The fourth-order valence-electron chi connectivity index (χ4n) is 4.73. The SMILES string of the molecule is O=C(OCC(=O)N1CC[C@@H]2CCCC[C@H]2C1)c1ccccc1C(=O)c1ccccc1. The highest BCUT2D eigenvalue weighted by Gasteiger charge is 2.33. The second-order valence-electron chi connectivity index (χ2n) is 8.25. The summed E-state index contributed by atoms with van der Waals surface area (Å²) < 4.78 is 5.32. The van der Waals surface area contributed by atoms with Gasteiger partial charge in [0.25, 0.3) is 5.91 Å². The van der Waals surface area contributed by atoms with Crippen molar-refractivity contribution < 1.29 is 19.1 Å². The molecule has 0 radical (unpaired) electrons. The maximum Gasteiger partial charge on any atom is 0.339 e. The van der Waals surface area contributed by atoms with Crippen LogP contribution in [-0.4, -0.2) is 42.3 Å². The van der Waals surface area contributed by atoms with E-state index in [1.807, 2.05) is 11.0 Å². The van der Waals surface area contributed by atoms with Crippen molar-refractivity contribution in [2.75, 3.05) is 19.7 Å². The Kier molecular flexibility index (Phi) is 6.26. The average Bonchev–Trinajstić information content (AvgIpc) is 2.82. The zero-order chi connectivity index (χ0) is 20.9. The first-order valence-corrected chi connectivity index (χ1v) is 10.8. The van der Waals surface area contributed by atoms with Gasteiger partial charge in [0.05, 0.1) is 5.56 Å². The molecule has 1 saturated heterocycles. The fourth-order valence-corrected chi connectivity index (χ4v) is 4.73. The minimum atomic E-state index is -0.643. The second-order valence-corrected chi connectivity index (χ2v) is 8.25. The molecule has 0 unspecified atom stereocenters. The maximum atomic E-state index is 12.8. The largest absolute Gasteiger partial charge is 0.452 e. The first-order chi connectivity index (χ1) is 14.6.